The van der Waals surface area contributed by atoms with Crippen molar-refractivity contribution in [2.45, 2.75) is 6.92 Å². The van der Waals surface area contributed by atoms with E-state index in [1.807, 2.05) is 31.2 Å². The van der Waals surface area contributed by atoms with E-state index in [1.165, 1.54) is 0 Å². The highest BCUT2D eigenvalue weighted by atomic mass is 35.5. The zero-order valence-electron chi connectivity index (χ0n) is 14.2. The maximum absolute atomic E-state index is 12.3. The molecule has 2 aromatic carbocycles. The van der Waals surface area contributed by atoms with Gasteiger partial charge in [0.15, 0.2) is 5.01 Å². The highest BCUT2D eigenvalue weighted by molar-refractivity contribution is 7.15. The maximum Gasteiger partial charge on any atom is 0.286 e. The molecular weight excluding hydrogens is 370 g/mol. The van der Waals surface area contributed by atoms with Crippen LogP contribution in [0.2, 0.25) is 0 Å². The highest BCUT2D eigenvalue weighted by Gasteiger charge is 2.15. The van der Waals surface area contributed by atoms with Gasteiger partial charge < -0.3 is 10.1 Å². The Morgan fingerprint density at radius 1 is 1.15 bits per heavy atom. The van der Waals surface area contributed by atoms with Gasteiger partial charge in [0.25, 0.3) is 5.91 Å². The van der Waals surface area contributed by atoms with Gasteiger partial charge in [-0.05, 0) is 42.8 Å². The summed E-state index contributed by atoms with van der Waals surface area (Å²) in [5.41, 5.74) is 2.75. The van der Waals surface area contributed by atoms with Crippen molar-refractivity contribution in [2.75, 3.05) is 12.4 Å². The van der Waals surface area contributed by atoms with Gasteiger partial charge in [-0.3, -0.25) is 4.79 Å². The van der Waals surface area contributed by atoms with Crippen molar-refractivity contribution in [3.8, 4) is 5.75 Å². The number of nitrogens with zero attached hydrogens (tertiary/aromatic N) is 2. The molecular formula is C19H16ClN3O2S. The van der Waals surface area contributed by atoms with Crippen molar-refractivity contribution in [3.63, 3.8) is 0 Å². The molecule has 3 rings (SSSR count). The zero-order valence-corrected chi connectivity index (χ0v) is 15.8. The second kappa shape index (κ2) is 8.12. The number of carbonyl (C=O) groups excluding carboxylic acids is 1. The van der Waals surface area contributed by atoms with Gasteiger partial charge in [0.1, 0.15) is 5.75 Å². The van der Waals surface area contributed by atoms with Gasteiger partial charge in [0.2, 0.25) is 5.01 Å². The molecule has 0 atom stereocenters. The lowest BCUT2D eigenvalue weighted by Crippen LogP contribution is -2.11. The molecule has 1 amide bonds. The number of rotatable bonds is 5. The van der Waals surface area contributed by atoms with Crippen LogP contribution in [-0.2, 0) is 0 Å². The van der Waals surface area contributed by atoms with Crippen LogP contribution in [-0.4, -0.2) is 23.2 Å². The summed E-state index contributed by atoms with van der Waals surface area (Å²) in [6, 6.07) is 15.0. The number of methoxy groups -OCH3 is 1. The Balaban J connectivity index is 1.72. The average molecular weight is 386 g/mol. The Labute approximate surface area is 160 Å². The number of aromatic nitrogens is 2. The molecule has 5 nitrogen and oxygen atoms in total. The highest BCUT2D eigenvalue weighted by Crippen LogP contribution is 2.26. The Bertz CT molecular complexity index is 951. The number of aryl methyl sites for hydroxylation is 1. The third-order valence-electron chi connectivity index (χ3n) is 3.51. The van der Waals surface area contributed by atoms with Crippen LogP contribution in [0.5, 0.6) is 5.75 Å². The molecule has 0 radical (unpaired) electrons. The molecule has 0 bridgehead atoms. The number of carbonyl (C=O) groups is 1. The van der Waals surface area contributed by atoms with Gasteiger partial charge >= 0.3 is 0 Å². The number of ether oxygens (including phenoxy) is 1. The molecule has 0 aliphatic rings. The molecule has 1 heterocycles. The minimum Gasteiger partial charge on any atom is -0.497 e. The average Bonchev–Trinajstić information content (AvgIpc) is 3.13. The van der Waals surface area contributed by atoms with Gasteiger partial charge in [-0.2, -0.15) is 0 Å². The molecule has 0 aliphatic carbocycles. The van der Waals surface area contributed by atoms with E-state index < -0.39 is 0 Å². The molecule has 1 N–H and O–H groups in total. The summed E-state index contributed by atoms with van der Waals surface area (Å²) in [6.45, 7) is 2.01. The first-order valence-electron chi connectivity index (χ1n) is 7.78. The minimum absolute atomic E-state index is 0.242. The number of halogens is 1. The van der Waals surface area contributed by atoms with Crippen LogP contribution in [0.4, 0.5) is 5.69 Å². The van der Waals surface area contributed by atoms with Crippen molar-refractivity contribution in [1.29, 1.82) is 0 Å². The van der Waals surface area contributed by atoms with Crippen LogP contribution in [0.15, 0.2) is 48.5 Å². The topological polar surface area (TPSA) is 64.1 Å². The fraction of sp³-hybridized carbons (Fsp3) is 0.105. The standard InChI is InChI=1S/C19H16ClN3O2S/c1-12-4-3-5-13(10-12)11-16(20)18-22-23-19(26-18)17(24)21-14-6-8-15(25-2)9-7-14/h3-11H,1-2H3,(H,21,24). The number of hydrogen-bond acceptors (Lipinski definition) is 5. The van der Waals surface area contributed by atoms with E-state index in [2.05, 4.69) is 15.5 Å². The van der Waals surface area contributed by atoms with E-state index in [4.69, 9.17) is 16.3 Å². The van der Waals surface area contributed by atoms with Crippen LogP contribution in [0.3, 0.4) is 0 Å². The van der Waals surface area contributed by atoms with Crippen molar-refractivity contribution >= 4 is 45.6 Å². The Morgan fingerprint density at radius 2 is 1.88 bits per heavy atom. The van der Waals surface area contributed by atoms with Crippen LogP contribution < -0.4 is 10.1 Å². The summed E-state index contributed by atoms with van der Waals surface area (Å²) < 4.78 is 5.09. The predicted molar refractivity (Wildman–Crippen MR) is 106 cm³/mol. The summed E-state index contributed by atoms with van der Waals surface area (Å²) in [5.74, 6) is 0.383. The summed E-state index contributed by atoms with van der Waals surface area (Å²) in [4.78, 5) is 12.3. The van der Waals surface area contributed by atoms with E-state index in [9.17, 15) is 4.79 Å². The van der Waals surface area contributed by atoms with E-state index in [0.717, 1.165) is 22.5 Å². The molecule has 0 spiro atoms. The Morgan fingerprint density at radius 3 is 2.58 bits per heavy atom. The first-order chi connectivity index (χ1) is 12.5. The van der Waals surface area contributed by atoms with Crippen molar-refractivity contribution in [1.82, 2.24) is 10.2 Å². The monoisotopic (exact) mass is 385 g/mol. The van der Waals surface area contributed by atoms with Crippen LogP contribution >= 0.6 is 22.9 Å². The van der Waals surface area contributed by atoms with Crippen molar-refractivity contribution in [2.24, 2.45) is 0 Å². The fourth-order valence-electron chi connectivity index (χ4n) is 2.24. The zero-order chi connectivity index (χ0) is 18.5. The van der Waals surface area contributed by atoms with Crippen LogP contribution in [0.25, 0.3) is 11.1 Å². The first-order valence-corrected chi connectivity index (χ1v) is 8.98. The lowest BCUT2D eigenvalue weighted by Gasteiger charge is -2.03. The van der Waals surface area contributed by atoms with E-state index in [0.29, 0.717) is 21.5 Å². The third kappa shape index (κ3) is 4.47. The van der Waals surface area contributed by atoms with Crippen LogP contribution in [0.1, 0.15) is 25.9 Å². The summed E-state index contributed by atoms with van der Waals surface area (Å²) >= 11 is 7.47. The largest absolute Gasteiger partial charge is 0.497 e. The minimum atomic E-state index is -0.334. The number of amides is 1. The van der Waals surface area contributed by atoms with Crippen LogP contribution in [0, 0.1) is 6.92 Å². The van der Waals surface area contributed by atoms with Gasteiger partial charge in [-0.1, -0.05) is 52.8 Å². The summed E-state index contributed by atoms with van der Waals surface area (Å²) in [7, 11) is 1.59. The second-order valence-electron chi connectivity index (χ2n) is 5.50. The molecule has 0 aliphatic heterocycles. The summed E-state index contributed by atoms with van der Waals surface area (Å²) in [6.07, 6.45) is 1.81. The number of hydrogen-bond donors (Lipinski definition) is 1. The molecule has 26 heavy (non-hydrogen) atoms. The molecule has 0 unspecified atom stereocenters. The van der Waals surface area contributed by atoms with Crippen molar-refractivity contribution in [3.05, 3.63) is 69.7 Å². The molecule has 132 valence electrons. The lowest BCUT2D eigenvalue weighted by molar-refractivity contribution is 0.102. The second-order valence-corrected chi connectivity index (χ2v) is 6.89. The van der Waals surface area contributed by atoms with Gasteiger partial charge in [-0.15, -0.1) is 10.2 Å². The van der Waals surface area contributed by atoms with Gasteiger partial charge in [0.05, 0.1) is 12.1 Å². The van der Waals surface area contributed by atoms with Gasteiger partial charge in [0, 0.05) is 5.69 Å². The van der Waals surface area contributed by atoms with E-state index >= 15 is 0 Å². The summed E-state index contributed by atoms with van der Waals surface area (Å²) in [5, 5.41) is 11.9. The normalized spacial score (nSPS) is 11.3. The lowest BCUT2D eigenvalue weighted by atomic mass is 10.1. The van der Waals surface area contributed by atoms with Gasteiger partial charge in [-0.25, -0.2) is 0 Å². The quantitative estimate of drug-likeness (QED) is 0.682. The predicted octanol–water partition coefficient (Wildman–Crippen LogP) is 4.84. The maximum atomic E-state index is 12.3. The van der Waals surface area contributed by atoms with Crippen molar-refractivity contribution < 1.29 is 9.53 Å². The molecule has 3 aromatic rings. The first kappa shape index (κ1) is 18.1. The molecule has 7 heteroatoms. The smallest absolute Gasteiger partial charge is 0.286 e. The SMILES string of the molecule is COc1ccc(NC(=O)c2nnc(C(Cl)=Cc3cccc(C)c3)s2)cc1. The number of benzene rings is 2. The third-order valence-corrected chi connectivity index (χ3v) is 4.86. The fourth-order valence-corrected chi connectivity index (χ4v) is 3.16. The molecule has 0 fully saturated rings. The molecule has 0 saturated carbocycles. The Hall–Kier alpha value is -2.70. The number of nitrogens with one attached hydrogen (secondary N) is 1. The molecule has 1 aromatic heterocycles. The molecule has 0 saturated heterocycles. The van der Waals surface area contributed by atoms with E-state index in [-0.39, 0.29) is 10.9 Å². The Kier molecular flexibility index (Phi) is 5.65. The van der Waals surface area contributed by atoms with E-state index in [1.54, 1.807) is 37.5 Å². The number of anilines is 1.